The molecule has 16 heteroatoms. The van der Waals surface area contributed by atoms with E-state index in [1.54, 1.807) is 0 Å². The molecule has 0 aliphatic carbocycles. The van der Waals surface area contributed by atoms with Gasteiger partial charge >= 0.3 is 266 Å². The zero-order valence-corrected chi connectivity index (χ0v) is 27.1. The van der Waals surface area contributed by atoms with E-state index in [0.717, 1.165) is 25.1 Å². The first-order valence-electron chi connectivity index (χ1n) is 13.7. The van der Waals surface area contributed by atoms with Crippen LogP contribution in [0.15, 0.2) is 72.8 Å². The normalized spacial score (nSPS) is 13.6. The minimum absolute atomic E-state index is 0.170. The maximum absolute atomic E-state index is 14.2. The molecule has 4 rings (SSSR count). The number of aryl methyl sites for hydroxylation is 3. The number of alkyl halides is 15. The molecule has 258 valence electrons. The Balaban J connectivity index is 2.46. The van der Waals surface area contributed by atoms with Crippen molar-refractivity contribution in [3.05, 3.63) is 117 Å². The fraction of sp³-hybridized carbons (Fsp3) is 0.250. The summed E-state index contributed by atoms with van der Waals surface area (Å²) in [7, 11) is 0. The summed E-state index contributed by atoms with van der Waals surface area (Å²) in [6, 6.07) is 5.76. The van der Waals surface area contributed by atoms with Crippen molar-refractivity contribution in [3.8, 4) is 0 Å². The zero-order chi connectivity index (χ0) is 36.4. The van der Waals surface area contributed by atoms with Gasteiger partial charge in [0.25, 0.3) is 0 Å². The molecule has 0 aliphatic rings. The molecule has 4 aromatic rings. The second kappa shape index (κ2) is 12.1. The predicted octanol–water partition coefficient (Wildman–Crippen LogP) is 9.08. The predicted molar refractivity (Wildman–Crippen MR) is 149 cm³/mol. The van der Waals surface area contributed by atoms with Crippen LogP contribution in [0.5, 0.6) is 0 Å². The molecular weight excluding hydrogens is 739 g/mol. The minimum atomic E-state index is -6.55. The van der Waals surface area contributed by atoms with Gasteiger partial charge in [-0.2, -0.15) is 0 Å². The zero-order valence-electron chi connectivity index (χ0n) is 24.7. The van der Waals surface area contributed by atoms with Crippen molar-refractivity contribution < 1.29 is 65.9 Å². The van der Waals surface area contributed by atoms with Gasteiger partial charge in [-0.05, 0) is 0 Å². The number of rotatable bonds is 4. The Morgan fingerprint density at radius 1 is 0.292 bits per heavy atom. The molecule has 0 N–H and O–H groups in total. The number of hydrogen-bond acceptors (Lipinski definition) is 0. The number of benzene rings is 4. The molecule has 0 nitrogen and oxygen atoms in total. The molecule has 0 fully saturated rings. The molecule has 0 aromatic heterocycles. The maximum atomic E-state index is 14.2. The van der Waals surface area contributed by atoms with Crippen LogP contribution in [0.1, 0.15) is 44.5 Å². The van der Waals surface area contributed by atoms with Gasteiger partial charge in [-0.3, -0.25) is 0 Å². The molecular formula is C32H21F15Ga-. The Labute approximate surface area is 266 Å². The van der Waals surface area contributed by atoms with Crippen molar-refractivity contribution in [3.63, 3.8) is 0 Å². The van der Waals surface area contributed by atoms with Crippen LogP contribution in [0, 0.1) is 20.8 Å². The van der Waals surface area contributed by atoms with E-state index in [0.29, 0.717) is 12.1 Å². The summed E-state index contributed by atoms with van der Waals surface area (Å²) in [5.41, 5.74) is -9.07. The second-order valence-corrected chi connectivity index (χ2v) is 20.8. The summed E-state index contributed by atoms with van der Waals surface area (Å²) in [6.45, 7) is 3.88. The van der Waals surface area contributed by atoms with Crippen LogP contribution >= 0.6 is 0 Å². The standard InChI is InChI=1S/2C8H3F6.C8H6F3.C8H9.Ga/c2*9-7(10,11)5-2-1-3-6(4-5)8(12,13)14;1-6-3-2-4-7(5-6)8(9,10)11;1-7-4-3-5-8(2)6-7;/h2*2-4H;3-5H,1H3;4-6H,1-2H3;/q;;;;-1. The third kappa shape index (κ3) is 7.53. The van der Waals surface area contributed by atoms with Gasteiger partial charge in [0.05, 0.1) is 0 Å². The summed E-state index contributed by atoms with van der Waals surface area (Å²) in [5, 5.41) is 0. The van der Waals surface area contributed by atoms with E-state index in [9.17, 15) is 65.9 Å². The van der Waals surface area contributed by atoms with E-state index in [1.807, 2.05) is 0 Å². The third-order valence-corrected chi connectivity index (χ3v) is 19.1. The summed E-state index contributed by atoms with van der Waals surface area (Å²) >= 11 is -6.55. The van der Waals surface area contributed by atoms with Crippen molar-refractivity contribution in [1.29, 1.82) is 0 Å². The van der Waals surface area contributed by atoms with Crippen LogP contribution in [0.25, 0.3) is 0 Å². The Bertz CT molecular complexity index is 1680. The van der Waals surface area contributed by atoms with Crippen LogP contribution in [-0.2, 0) is 30.9 Å². The first-order valence-corrected chi connectivity index (χ1v) is 18.5. The first-order chi connectivity index (χ1) is 21.6. The fourth-order valence-corrected chi connectivity index (χ4v) is 18.7. The molecule has 0 radical (unpaired) electrons. The van der Waals surface area contributed by atoms with Crippen molar-refractivity contribution in [2.75, 3.05) is 0 Å². The molecule has 0 aliphatic heterocycles. The third-order valence-electron chi connectivity index (χ3n) is 7.89. The topological polar surface area (TPSA) is 0 Å². The molecule has 0 bridgehead atoms. The molecule has 0 saturated carbocycles. The SMILES string of the molecule is Cc1cc(C)c[c]([Ga-]([c]2cc(C)cc(C(F)(F)F)c2)([c]2cc(C(F)(F)F)cc(C(F)(F)F)c2)[c]2cc(C(F)(F)F)cc(C(F)(F)F)c2)c1. The van der Waals surface area contributed by atoms with E-state index >= 15 is 0 Å². The van der Waals surface area contributed by atoms with Gasteiger partial charge in [-0.25, -0.2) is 0 Å². The monoisotopic (exact) mass is 759 g/mol. The first kappa shape index (κ1) is 37.3. The van der Waals surface area contributed by atoms with Gasteiger partial charge in [0.2, 0.25) is 0 Å². The van der Waals surface area contributed by atoms with E-state index in [-0.39, 0.29) is 57.2 Å². The molecule has 0 amide bonds. The van der Waals surface area contributed by atoms with Crippen LogP contribution in [0.3, 0.4) is 0 Å². The van der Waals surface area contributed by atoms with Crippen LogP contribution in [-0.4, -0.2) is 15.0 Å². The van der Waals surface area contributed by atoms with Crippen LogP contribution < -0.4 is 16.5 Å². The van der Waals surface area contributed by atoms with Crippen LogP contribution in [0.4, 0.5) is 65.9 Å². The van der Waals surface area contributed by atoms with E-state index in [4.69, 9.17) is 0 Å². The summed E-state index contributed by atoms with van der Waals surface area (Å²) in [5.74, 6) is 0. The molecule has 0 saturated heterocycles. The molecule has 48 heavy (non-hydrogen) atoms. The van der Waals surface area contributed by atoms with Gasteiger partial charge in [-0.1, -0.05) is 0 Å². The summed E-state index contributed by atoms with van der Waals surface area (Å²) in [6.07, 6.45) is -27.3. The molecule has 0 atom stereocenters. The van der Waals surface area contributed by atoms with Crippen molar-refractivity contribution >= 4 is 31.5 Å². The molecule has 0 heterocycles. The van der Waals surface area contributed by atoms with Gasteiger partial charge in [0.1, 0.15) is 0 Å². The van der Waals surface area contributed by atoms with Gasteiger partial charge < -0.3 is 0 Å². The summed E-state index contributed by atoms with van der Waals surface area (Å²) < 4.78 is 210. The Morgan fingerprint density at radius 3 is 0.771 bits per heavy atom. The number of halogens is 15. The van der Waals surface area contributed by atoms with Crippen LogP contribution in [0.2, 0.25) is 0 Å². The molecule has 0 unspecified atom stereocenters. The van der Waals surface area contributed by atoms with Crippen molar-refractivity contribution in [2.45, 2.75) is 51.7 Å². The fourth-order valence-electron chi connectivity index (χ4n) is 6.10. The quantitative estimate of drug-likeness (QED) is 0.144. The average Bonchev–Trinajstić information content (AvgIpc) is 2.90. The summed E-state index contributed by atoms with van der Waals surface area (Å²) in [4.78, 5) is 0. The van der Waals surface area contributed by atoms with Gasteiger partial charge in [0.15, 0.2) is 0 Å². The molecule has 4 aromatic carbocycles. The van der Waals surface area contributed by atoms with Crippen molar-refractivity contribution in [1.82, 2.24) is 0 Å². The van der Waals surface area contributed by atoms with Gasteiger partial charge in [0, 0.05) is 0 Å². The Morgan fingerprint density at radius 2 is 0.500 bits per heavy atom. The molecule has 0 spiro atoms. The average molecular weight is 760 g/mol. The van der Waals surface area contributed by atoms with E-state index in [2.05, 4.69) is 0 Å². The van der Waals surface area contributed by atoms with Gasteiger partial charge in [-0.15, -0.1) is 0 Å². The van der Waals surface area contributed by atoms with E-state index in [1.165, 1.54) is 19.9 Å². The Hall–Kier alpha value is -3.53. The Kier molecular flexibility index (Phi) is 9.40. The van der Waals surface area contributed by atoms with Crippen molar-refractivity contribution in [2.24, 2.45) is 0 Å². The van der Waals surface area contributed by atoms with E-state index < -0.39 is 86.1 Å². The number of hydrogen-bond donors (Lipinski definition) is 0. The second-order valence-electron chi connectivity index (χ2n) is 11.6.